The van der Waals surface area contributed by atoms with Gasteiger partial charge in [-0.3, -0.25) is 10.1 Å². The maximum atomic E-state index is 11.0. The normalized spacial score (nSPS) is 21.5. The van der Waals surface area contributed by atoms with Gasteiger partial charge < -0.3 is 14.8 Å². The number of anilines is 1. The van der Waals surface area contributed by atoms with Crippen LogP contribution in [0.1, 0.15) is 33.1 Å². The molecule has 6 heteroatoms. The number of benzene rings is 1. The van der Waals surface area contributed by atoms with Gasteiger partial charge >= 0.3 is 0 Å². The fourth-order valence-electron chi connectivity index (χ4n) is 2.63. The van der Waals surface area contributed by atoms with Crippen LogP contribution in [0.3, 0.4) is 0 Å². The summed E-state index contributed by atoms with van der Waals surface area (Å²) in [4.78, 5) is 10.6. The molecule has 1 aromatic rings. The highest BCUT2D eigenvalue weighted by molar-refractivity contribution is 5.57. The molecule has 0 bridgehead atoms. The topological polar surface area (TPSA) is 73.6 Å². The summed E-state index contributed by atoms with van der Waals surface area (Å²) in [5.74, 6) is 0.517. The Balaban J connectivity index is 2.14. The highest BCUT2D eigenvalue weighted by Crippen LogP contribution is 2.30. The third-order valence-corrected chi connectivity index (χ3v) is 3.56. The van der Waals surface area contributed by atoms with Crippen LogP contribution in [0.4, 0.5) is 11.4 Å². The Labute approximate surface area is 124 Å². The van der Waals surface area contributed by atoms with E-state index in [1.165, 1.54) is 6.07 Å². The van der Waals surface area contributed by atoms with Crippen molar-refractivity contribution in [1.82, 2.24) is 0 Å². The van der Waals surface area contributed by atoms with E-state index in [4.69, 9.17) is 9.47 Å². The van der Waals surface area contributed by atoms with Crippen LogP contribution >= 0.6 is 0 Å². The van der Waals surface area contributed by atoms with Gasteiger partial charge in [0, 0.05) is 31.0 Å². The molecule has 1 aliphatic rings. The lowest BCUT2D eigenvalue weighted by Gasteiger charge is -2.16. The number of rotatable bonds is 6. The zero-order chi connectivity index (χ0) is 15.4. The number of hydrogen-bond acceptors (Lipinski definition) is 5. The molecule has 0 aromatic heterocycles. The summed E-state index contributed by atoms with van der Waals surface area (Å²) in [5, 5.41) is 14.4. The Bertz CT molecular complexity index is 504. The van der Waals surface area contributed by atoms with E-state index in [1.807, 2.05) is 19.9 Å². The Morgan fingerprint density at radius 3 is 2.67 bits per heavy atom. The van der Waals surface area contributed by atoms with Crippen LogP contribution in [0.5, 0.6) is 5.75 Å². The van der Waals surface area contributed by atoms with Crippen LogP contribution in [-0.2, 0) is 4.74 Å². The molecule has 6 nitrogen and oxygen atoms in total. The molecule has 2 rings (SSSR count). The third-order valence-electron chi connectivity index (χ3n) is 3.56. The van der Waals surface area contributed by atoms with Gasteiger partial charge in [-0.15, -0.1) is 0 Å². The van der Waals surface area contributed by atoms with Gasteiger partial charge in [0.2, 0.25) is 0 Å². The minimum Gasteiger partial charge on any atom is -0.491 e. The lowest BCUT2D eigenvalue weighted by molar-refractivity contribution is -0.384. The van der Waals surface area contributed by atoms with Crippen LogP contribution in [-0.4, -0.2) is 30.3 Å². The zero-order valence-electron chi connectivity index (χ0n) is 12.7. The maximum absolute atomic E-state index is 11.0. The lowest BCUT2D eigenvalue weighted by Crippen LogP contribution is -2.17. The fraction of sp³-hybridized carbons (Fsp3) is 0.600. The van der Waals surface area contributed by atoms with Crippen molar-refractivity contribution >= 4 is 11.4 Å². The van der Waals surface area contributed by atoms with Crippen LogP contribution in [0.2, 0.25) is 0 Å². The molecule has 1 saturated carbocycles. The van der Waals surface area contributed by atoms with Gasteiger partial charge in [0.25, 0.3) is 5.69 Å². The second-order valence-electron chi connectivity index (χ2n) is 5.65. The largest absolute Gasteiger partial charge is 0.491 e. The minimum absolute atomic E-state index is 0.0239. The van der Waals surface area contributed by atoms with Crippen molar-refractivity contribution in [2.45, 2.75) is 51.4 Å². The van der Waals surface area contributed by atoms with E-state index in [-0.39, 0.29) is 23.9 Å². The van der Waals surface area contributed by atoms with E-state index >= 15 is 0 Å². The van der Waals surface area contributed by atoms with Crippen molar-refractivity contribution in [3.05, 3.63) is 28.3 Å². The molecule has 2 atom stereocenters. The van der Waals surface area contributed by atoms with Crippen molar-refractivity contribution in [3.8, 4) is 5.75 Å². The summed E-state index contributed by atoms with van der Waals surface area (Å²) in [6, 6.07) is 5.10. The van der Waals surface area contributed by atoms with Gasteiger partial charge in [-0.2, -0.15) is 0 Å². The number of non-ortho nitro benzene ring substituents is 1. The molecule has 1 fully saturated rings. The molecule has 0 radical (unpaired) electrons. The summed E-state index contributed by atoms with van der Waals surface area (Å²) in [6.07, 6.45) is 3.18. The van der Waals surface area contributed by atoms with Crippen molar-refractivity contribution in [1.29, 1.82) is 0 Å². The summed E-state index contributed by atoms with van der Waals surface area (Å²) in [5.41, 5.74) is 0.763. The first kappa shape index (κ1) is 15.6. The number of nitrogens with one attached hydrogen (secondary N) is 1. The highest BCUT2D eigenvalue weighted by Gasteiger charge is 2.24. The monoisotopic (exact) mass is 294 g/mol. The Morgan fingerprint density at radius 1 is 1.33 bits per heavy atom. The van der Waals surface area contributed by atoms with Gasteiger partial charge in [-0.1, -0.05) is 0 Å². The van der Waals surface area contributed by atoms with Gasteiger partial charge in [0.15, 0.2) is 0 Å². The third kappa shape index (κ3) is 4.32. The highest BCUT2D eigenvalue weighted by atomic mass is 16.6. The summed E-state index contributed by atoms with van der Waals surface area (Å²) >= 11 is 0. The van der Waals surface area contributed by atoms with E-state index in [0.717, 1.165) is 24.9 Å². The molecule has 1 aromatic carbocycles. The molecule has 0 spiro atoms. The molecule has 0 saturated heterocycles. The SMILES string of the molecule is COC1CCC(Nc2cc(OC(C)C)cc([N+](=O)[O-])c2)C1. The van der Waals surface area contributed by atoms with Crippen molar-refractivity contribution < 1.29 is 14.4 Å². The molecule has 0 heterocycles. The van der Waals surface area contributed by atoms with Crippen LogP contribution in [0.25, 0.3) is 0 Å². The average molecular weight is 294 g/mol. The molecule has 0 amide bonds. The predicted molar refractivity (Wildman–Crippen MR) is 80.9 cm³/mol. The smallest absolute Gasteiger partial charge is 0.275 e. The van der Waals surface area contributed by atoms with Gasteiger partial charge in [-0.25, -0.2) is 0 Å². The van der Waals surface area contributed by atoms with E-state index in [2.05, 4.69) is 5.32 Å². The number of nitro groups is 1. The molecule has 21 heavy (non-hydrogen) atoms. The van der Waals surface area contributed by atoms with E-state index < -0.39 is 4.92 Å². The first-order valence-corrected chi connectivity index (χ1v) is 7.23. The quantitative estimate of drug-likeness (QED) is 0.643. The maximum Gasteiger partial charge on any atom is 0.275 e. The van der Waals surface area contributed by atoms with Crippen LogP contribution in [0, 0.1) is 10.1 Å². The Kier molecular flexibility index (Phi) is 5.01. The first-order chi connectivity index (χ1) is 9.97. The molecule has 2 unspecified atom stereocenters. The molecule has 116 valence electrons. The van der Waals surface area contributed by atoms with E-state index in [9.17, 15) is 10.1 Å². The molecule has 1 aliphatic carbocycles. The number of methoxy groups -OCH3 is 1. The average Bonchev–Trinajstić information content (AvgIpc) is 2.85. The summed E-state index contributed by atoms with van der Waals surface area (Å²) in [6.45, 7) is 3.79. The molecule has 1 N–H and O–H groups in total. The van der Waals surface area contributed by atoms with E-state index in [1.54, 1.807) is 13.2 Å². The number of ether oxygens (including phenoxy) is 2. The van der Waals surface area contributed by atoms with Gasteiger partial charge in [0.1, 0.15) is 5.75 Å². The van der Waals surface area contributed by atoms with E-state index in [0.29, 0.717) is 5.75 Å². The van der Waals surface area contributed by atoms with Crippen molar-refractivity contribution in [2.75, 3.05) is 12.4 Å². The summed E-state index contributed by atoms with van der Waals surface area (Å²) < 4.78 is 10.9. The van der Waals surface area contributed by atoms with Crippen LogP contribution < -0.4 is 10.1 Å². The van der Waals surface area contributed by atoms with Crippen molar-refractivity contribution in [3.63, 3.8) is 0 Å². The molecule has 0 aliphatic heterocycles. The van der Waals surface area contributed by atoms with Crippen molar-refractivity contribution in [2.24, 2.45) is 0 Å². The Hall–Kier alpha value is -1.82. The second kappa shape index (κ2) is 6.76. The number of nitrogens with zero attached hydrogens (tertiary/aromatic N) is 1. The van der Waals surface area contributed by atoms with Gasteiger partial charge in [-0.05, 0) is 33.1 Å². The number of hydrogen-bond donors (Lipinski definition) is 1. The minimum atomic E-state index is -0.398. The lowest BCUT2D eigenvalue weighted by atomic mass is 10.2. The Morgan fingerprint density at radius 2 is 2.10 bits per heavy atom. The zero-order valence-corrected chi connectivity index (χ0v) is 12.7. The molecular weight excluding hydrogens is 272 g/mol. The standard InChI is InChI=1S/C15H22N2O4/c1-10(2)21-15-8-12(6-13(9-15)17(18)19)16-11-4-5-14(7-11)20-3/h6,8-11,14,16H,4-5,7H2,1-3H3. The second-order valence-corrected chi connectivity index (χ2v) is 5.65. The number of nitro benzene ring substituents is 1. The van der Waals surface area contributed by atoms with Gasteiger partial charge in [0.05, 0.1) is 23.2 Å². The molecular formula is C15H22N2O4. The summed E-state index contributed by atoms with van der Waals surface area (Å²) in [7, 11) is 1.72. The predicted octanol–water partition coefficient (Wildman–Crippen LogP) is 3.36. The fourth-order valence-corrected chi connectivity index (χ4v) is 2.63. The first-order valence-electron chi connectivity index (χ1n) is 7.23. The van der Waals surface area contributed by atoms with Crippen LogP contribution in [0.15, 0.2) is 18.2 Å².